The van der Waals surface area contributed by atoms with Gasteiger partial charge in [0.05, 0.1) is 0 Å². The fourth-order valence-corrected chi connectivity index (χ4v) is 2.09. The van der Waals surface area contributed by atoms with E-state index < -0.39 is 5.97 Å². The van der Waals surface area contributed by atoms with Crippen LogP contribution in [0.4, 0.5) is 5.13 Å². The van der Waals surface area contributed by atoms with Crippen molar-refractivity contribution in [2.45, 2.75) is 27.2 Å². The van der Waals surface area contributed by atoms with Gasteiger partial charge in [-0.3, -0.25) is 4.79 Å². The maximum atomic E-state index is 10.8. The number of aliphatic carboxylic acids is 1. The summed E-state index contributed by atoms with van der Waals surface area (Å²) in [5.74, 6) is 0.335. The molecule has 0 aliphatic heterocycles. The second-order valence-corrected chi connectivity index (χ2v) is 4.75. The van der Waals surface area contributed by atoms with Crippen LogP contribution >= 0.6 is 11.5 Å². The Bertz CT molecular complexity index is 352. The van der Waals surface area contributed by atoms with Gasteiger partial charge >= 0.3 is 5.97 Å². The summed E-state index contributed by atoms with van der Waals surface area (Å²) in [6.07, 6.45) is 0.777. The molecular weight excluding hydrogens is 226 g/mol. The minimum absolute atomic E-state index is 0.0173. The third-order valence-electron chi connectivity index (χ3n) is 1.96. The summed E-state index contributed by atoms with van der Waals surface area (Å²) in [6.45, 7) is 6.75. The number of hydrogen-bond acceptors (Lipinski definition) is 5. The van der Waals surface area contributed by atoms with Crippen LogP contribution in [-0.2, 0) is 11.2 Å². The Balaban J connectivity index is 2.78. The number of aromatic nitrogens is 2. The van der Waals surface area contributed by atoms with Crippen LogP contribution in [0.5, 0.6) is 0 Å². The van der Waals surface area contributed by atoms with E-state index in [2.05, 4.69) is 23.2 Å². The van der Waals surface area contributed by atoms with E-state index in [1.165, 1.54) is 11.5 Å². The molecule has 0 aliphatic carbocycles. The predicted molar refractivity (Wildman–Crippen MR) is 64.0 cm³/mol. The van der Waals surface area contributed by atoms with Crippen LogP contribution in [0.2, 0.25) is 0 Å². The third kappa shape index (κ3) is 3.77. The van der Waals surface area contributed by atoms with E-state index in [0.717, 1.165) is 12.2 Å². The second kappa shape index (κ2) is 5.79. The summed E-state index contributed by atoms with van der Waals surface area (Å²) in [6, 6.07) is 0. The van der Waals surface area contributed by atoms with E-state index in [-0.39, 0.29) is 6.54 Å². The Kier molecular flexibility index (Phi) is 4.67. The zero-order chi connectivity index (χ0) is 12.1. The zero-order valence-corrected chi connectivity index (χ0v) is 10.6. The molecule has 0 saturated heterocycles. The first-order chi connectivity index (χ1) is 7.52. The van der Waals surface area contributed by atoms with E-state index in [1.54, 1.807) is 4.90 Å². The average Bonchev–Trinajstić information content (AvgIpc) is 2.63. The van der Waals surface area contributed by atoms with Gasteiger partial charge in [-0.25, -0.2) is 4.98 Å². The molecule has 0 atom stereocenters. The molecule has 1 aromatic heterocycles. The fraction of sp³-hybridized carbons (Fsp3) is 0.700. The van der Waals surface area contributed by atoms with Gasteiger partial charge in [0.1, 0.15) is 12.4 Å². The van der Waals surface area contributed by atoms with Crippen LogP contribution in [0, 0.1) is 5.92 Å². The van der Waals surface area contributed by atoms with Crippen molar-refractivity contribution in [3.63, 3.8) is 0 Å². The Hall–Kier alpha value is -1.17. The Morgan fingerprint density at radius 2 is 2.25 bits per heavy atom. The highest BCUT2D eigenvalue weighted by molar-refractivity contribution is 7.09. The third-order valence-corrected chi connectivity index (χ3v) is 2.77. The molecule has 0 unspecified atom stereocenters. The molecule has 16 heavy (non-hydrogen) atoms. The van der Waals surface area contributed by atoms with Gasteiger partial charge in [-0.05, 0) is 5.92 Å². The van der Waals surface area contributed by atoms with Crippen LogP contribution in [0.3, 0.4) is 0 Å². The molecule has 0 amide bonds. The van der Waals surface area contributed by atoms with Gasteiger partial charge in [0, 0.05) is 24.5 Å². The SMILES string of the molecule is CCc1nsc(N(CC(=O)O)CC(C)C)n1. The second-order valence-electron chi connectivity index (χ2n) is 4.01. The van der Waals surface area contributed by atoms with Crippen LogP contribution in [0.15, 0.2) is 0 Å². The molecule has 6 heteroatoms. The highest BCUT2D eigenvalue weighted by Gasteiger charge is 2.16. The van der Waals surface area contributed by atoms with Gasteiger partial charge in [-0.2, -0.15) is 4.37 Å². The maximum Gasteiger partial charge on any atom is 0.323 e. The van der Waals surface area contributed by atoms with Gasteiger partial charge in [0.15, 0.2) is 0 Å². The lowest BCUT2D eigenvalue weighted by Gasteiger charge is -2.20. The summed E-state index contributed by atoms with van der Waals surface area (Å²) >= 11 is 1.27. The number of rotatable bonds is 6. The number of aryl methyl sites for hydroxylation is 1. The van der Waals surface area contributed by atoms with E-state index in [1.807, 2.05) is 6.92 Å². The van der Waals surface area contributed by atoms with Crippen molar-refractivity contribution in [3.05, 3.63) is 5.82 Å². The smallest absolute Gasteiger partial charge is 0.323 e. The van der Waals surface area contributed by atoms with Gasteiger partial charge in [0.25, 0.3) is 0 Å². The number of carbonyl (C=O) groups is 1. The number of hydrogen-bond donors (Lipinski definition) is 1. The number of carboxylic acids is 1. The van der Waals surface area contributed by atoms with Crippen molar-refractivity contribution >= 4 is 22.6 Å². The number of nitrogens with zero attached hydrogens (tertiary/aromatic N) is 3. The Labute approximate surface area is 99.3 Å². The minimum atomic E-state index is -0.839. The lowest BCUT2D eigenvalue weighted by atomic mass is 10.2. The van der Waals surface area contributed by atoms with E-state index >= 15 is 0 Å². The number of anilines is 1. The van der Waals surface area contributed by atoms with Crippen molar-refractivity contribution in [1.29, 1.82) is 0 Å². The topological polar surface area (TPSA) is 66.3 Å². The van der Waals surface area contributed by atoms with E-state index in [0.29, 0.717) is 17.6 Å². The predicted octanol–water partition coefficient (Wildman–Crippen LogP) is 1.65. The monoisotopic (exact) mass is 243 g/mol. The summed E-state index contributed by atoms with van der Waals surface area (Å²) in [5.41, 5.74) is 0. The minimum Gasteiger partial charge on any atom is -0.480 e. The van der Waals surface area contributed by atoms with Crippen LogP contribution in [0.25, 0.3) is 0 Å². The quantitative estimate of drug-likeness (QED) is 0.823. The Morgan fingerprint density at radius 1 is 1.56 bits per heavy atom. The molecule has 1 rings (SSSR count). The maximum absolute atomic E-state index is 10.8. The molecule has 0 spiro atoms. The lowest BCUT2D eigenvalue weighted by molar-refractivity contribution is -0.135. The summed E-state index contributed by atoms with van der Waals surface area (Å²) in [5, 5.41) is 9.54. The van der Waals surface area contributed by atoms with E-state index in [4.69, 9.17) is 5.11 Å². The molecule has 0 saturated carbocycles. The molecule has 0 fully saturated rings. The molecule has 1 aromatic rings. The molecule has 0 aromatic carbocycles. The normalized spacial score (nSPS) is 10.8. The first-order valence-corrected chi connectivity index (χ1v) is 6.09. The van der Waals surface area contributed by atoms with Crippen LogP contribution in [0.1, 0.15) is 26.6 Å². The van der Waals surface area contributed by atoms with Gasteiger partial charge in [-0.1, -0.05) is 20.8 Å². The first-order valence-electron chi connectivity index (χ1n) is 5.32. The lowest BCUT2D eigenvalue weighted by Crippen LogP contribution is -2.32. The summed E-state index contributed by atoms with van der Waals surface area (Å²) in [4.78, 5) is 16.8. The first kappa shape index (κ1) is 12.9. The van der Waals surface area contributed by atoms with Crippen molar-refractivity contribution in [3.8, 4) is 0 Å². The van der Waals surface area contributed by atoms with Crippen LogP contribution in [-0.4, -0.2) is 33.5 Å². The summed E-state index contributed by atoms with van der Waals surface area (Å²) < 4.78 is 4.17. The molecule has 0 radical (unpaired) electrons. The van der Waals surface area contributed by atoms with Crippen molar-refractivity contribution in [1.82, 2.24) is 9.36 Å². The zero-order valence-electron chi connectivity index (χ0n) is 9.80. The molecule has 90 valence electrons. The van der Waals surface area contributed by atoms with Crippen molar-refractivity contribution in [2.24, 2.45) is 5.92 Å². The molecule has 1 heterocycles. The van der Waals surface area contributed by atoms with E-state index in [9.17, 15) is 4.79 Å². The van der Waals surface area contributed by atoms with Gasteiger partial charge in [-0.15, -0.1) is 0 Å². The van der Waals surface area contributed by atoms with Crippen molar-refractivity contribution < 1.29 is 9.90 Å². The number of carboxylic acid groups (broad SMARTS) is 1. The molecule has 1 N–H and O–H groups in total. The van der Waals surface area contributed by atoms with Crippen molar-refractivity contribution in [2.75, 3.05) is 18.0 Å². The molecular formula is C10H17N3O2S. The molecule has 5 nitrogen and oxygen atoms in total. The highest BCUT2D eigenvalue weighted by atomic mass is 32.1. The Morgan fingerprint density at radius 3 is 2.69 bits per heavy atom. The highest BCUT2D eigenvalue weighted by Crippen LogP contribution is 2.18. The standard InChI is InChI=1S/C10H17N3O2S/c1-4-8-11-10(16-12-8)13(5-7(2)3)6-9(14)15/h7H,4-6H2,1-3H3,(H,14,15). The van der Waals surface area contributed by atoms with Gasteiger partial charge in [0.2, 0.25) is 5.13 Å². The molecule has 0 bridgehead atoms. The average molecular weight is 243 g/mol. The van der Waals surface area contributed by atoms with Gasteiger partial charge < -0.3 is 10.0 Å². The summed E-state index contributed by atoms with van der Waals surface area (Å²) in [7, 11) is 0. The van der Waals surface area contributed by atoms with Crippen LogP contribution < -0.4 is 4.90 Å². The largest absolute Gasteiger partial charge is 0.480 e. The fourth-order valence-electron chi connectivity index (χ4n) is 1.33. The molecule has 0 aliphatic rings.